The maximum absolute atomic E-state index is 12.6. The Bertz CT molecular complexity index is 1050. The molecule has 0 spiro atoms. The molecule has 32 heavy (non-hydrogen) atoms. The molecule has 1 aliphatic heterocycles. The molecule has 2 atom stereocenters. The van der Waals surface area contributed by atoms with E-state index in [0.29, 0.717) is 5.56 Å². The van der Waals surface area contributed by atoms with Crippen LogP contribution in [-0.2, 0) is 14.3 Å². The van der Waals surface area contributed by atoms with E-state index in [1.807, 2.05) is 0 Å². The lowest BCUT2D eigenvalue weighted by Crippen LogP contribution is -2.43. The van der Waals surface area contributed by atoms with Crippen LogP contribution in [0.25, 0.3) is 0 Å². The number of Topliss-reactive ketones (excluding diaryl/α,β-unsaturated/α-hetero) is 1. The van der Waals surface area contributed by atoms with Gasteiger partial charge in [-0.1, -0.05) is 49.4 Å². The molecular formula is C22H21N3O7. The zero-order chi connectivity index (χ0) is 23.3. The number of amides is 2. The second-order valence-corrected chi connectivity index (χ2v) is 7.18. The molecular weight excluding hydrogens is 418 g/mol. The number of nitro benzene ring substituents is 1. The zero-order valence-corrected chi connectivity index (χ0v) is 17.2. The van der Waals surface area contributed by atoms with E-state index in [0.717, 1.165) is 5.01 Å². The van der Waals surface area contributed by atoms with Crippen LogP contribution in [0.5, 0.6) is 0 Å². The highest BCUT2D eigenvalue weighted by Gasteiger charge is 2.38. The molecule has 3 rings (SSSR count). The number of nitro groups is 1. The fraction of sp³-hybridized carbons (Fsp3) is 0.273. The molecule has 0 bridgehead atoms. The fourth-order valence-electron chi connectivity index (χ4n) is 3.33. The number of carbonyl (C=O) groups excluding carboxylic acids is 4. The SMILES string of the molecule is CC[C@H](OC(=O)[C@@H]1CC(=O)N(NC(=O)c2ccccc2[N+](=O)[O-])C1)C(=O)c1ccccc1. The summed E-state index contributed by atoms with van der Waals surface area (Å²) in [6, 6.07) is 13.7. The van der Waals surface area contributed by atoms with Crippen molar-refractivity contribution in [3.63, 3.8) is 0 Å². The highest BCUT2D eigenvalue weighted by atomic mass is 16.6. The van der Waals surface area contributed by atoms with E-state index in [1.165, 1.54) is 24.3 Å². The molecule has 1 N–H and O–H groups in total. The molecule has 0 unspecified atom stereocenters. The first-order valence-corrected chi connectivity index (χ1v) is 9.96. The van der Waals surface area contributed by atoms with Gasteiger partial charge in [0.2, 0.25) is 11.7 Å². The van der Waals surface area contributed by atoms with Gasteiger partial charge in [0, 0.05) is 18.1 Å². The molecule has 10 nitrogen and oxygen atoms in total. The summed E-state index contributed by atoms with van der Waals surface area (Å²) in [5.41, 5.74) is 2.10. The Hall–Kier alpha value is -4.08. The van der Waals surface area contributed by atoms with Gasteiger partial charge in [-0.25, -0.2) is 0 Å². The molecule has 1 saturated heterocycles. The van der Waals surface area contributed by atoms with Gasteiger partial charge in [-0.05, 0) is 12.5 Å². The number of nitrogens with one attached hydrogen (secondary N) is 1. The number of benzene rings is 2. The van der Waals surface area contributed by atoms with Crippen molar-refractivity contribution in [2.45, 2.75) is 25.9 Å². The summed E-state index contributed by atoms with van der Waals surface area (Å²) in [4.78, 5) is 60.3. The highest BCUT2D eigenvalue weighted by Crippen LogP contribution is 2.22. The monoisotopic (exact) mass is 439 g/mol. The van der Waals surface area contributed by atoms with E-state index in [1.54, 1.807) is 37.3 Å². The number of hydrogen-bond acceptors (Lipinski definition) is 7. The molecule has 2 aromatic carbocycles. The molecule has 2 amide bonds. The minimum absolute atomic E-state index is 0.167. The van der Waals surface area contributed by atoms with Crippen molar-refractivity contribution in [1.82, 2.24) is 10.4 Å². The topological polar surface area (TPSA) is 136 Å². The number of ether oxygens (including phenoxy) is 1. The Morgan fingerprint density at radius 3 is 2.47 bits per heavy atom. The van der Waals surface area contributed by atoms with Crippen LogP contribution in [0, 0.1) is 16.0 Å². The number of hydrazine groups is 1. The van der Waals surface area contributed by atoms with Gasteiger partial charge in [0.05, 0.1) is 17.4 Å². The number of carbonyl (C=O) groups is 4. The molecule has 0 aromatic heterocycles. The molecule has 1 heterocycles. The first-order valence-electron chi connectivity index (χ1n) is 9.96. The first-order chi connectivity index (χ1) is 15.3. The summed E-state index contributed by atoms with van der Waals surface area (Å²) in [6.07, 6.45) is -0.944. The minimum atomic E-state index is -0.990. The number of para-hydroxylation sites is 1. The van der Waals surface area contributed by atoms with Crippen molar-refractivity contribution < 1.29 is 28.8 Å². The van der Waals surface area contributed by atoms with Gasteiger partial charge in [-0.3, -0.25) is 39.7 Å². The Morgan fingerprint density at radius 2 is 1.81 bits per heavy atom. The van der Waals surface area contributed by atoms with Crippen molar-refractivity contribution in [2.24, 2.45) is 5.92 Å². The second-order valence-electron chi connectivity index (χ2n) is 7.18. The van der Waals surface area contributed by atoms with E-state index in [9.17, 15) is 29.3 Å². The van der Waals surface area contributed by atoms with Crippen LogP contribution in [0.15, 0.2) is 54.6 Å². The summed E-state index contributed by atoms with van der Waals surface area (Å²) >= 11 is 0. The van der Waals surface area contributed by atoms with Crippen molar-refractivity contribution >= 4 is 29.3 Å². The van der Waals surface area contributed by atoms with E-state index in [2.05, 4.69) is 5.43 Å². The average Bonchev–Trinajstić information content (AvgIpc) is 3.17. The van der Waals surface area contributed by atoms with Crippen molar-refractivity contribution in [1.29, 1.82) is 0 Å². The lowest BCUT2D eigenvalue weighted by atomic mass is 10.0. The van der Waals surface area contributed by atoms with Crippen molar-refractivity contribution in [2.75, 3.05) is 6.54 Å². The minimum Gasteiger partial charge on any atom is -0.454 e. The molecule has 0 saturated carbocycles. The van der Waals surface area contributed by atoms with Gasteiger partial charge in [-0.2, -0.15) is 0 Å². The highest BCUT2D eigenvalue weighted by molar-refractivity contribution is 6.01. The summed E-state index contributed by atoms with van der Waals surface area (Å²) in [7, 11) is 0. The molecule has 0 aliphatic carbocycles. The van der Waals surface area contributed by atoms with E-state index < -0.39 is 40.4 Å². The predicted molar refractivity (Wildman–Crippen MR) is 111 cm³/mol. The summed E-state index contributed by atoms with van der Waals surface area (Å²) < 4.78 is 5.37. The van der Waals surface area contributed by atoms with E-state index in [-0.39, 0.29) is 30.7 Å². The lowest BCUT2D eigenvalue weighted by molar-refractivity contribution is -0.385. The van der Waals surface area contributed by atoms with Crippen LogP contribution in [0.3, 0.4) is 0 Å². The lowest BCUT2D eigenvalue weighted by Gasteiger charge is -2.19. The maximum atomic E-state index is 12.6. The van der Waals surface area contributed by atoms with Crippen LogP contribution in [0.2, 0.25) is 0 Å². The predicted octanol–water partition coefficient (Wildman–Crippen LogP) is 2.29. The molecule has 2 aromatic rings. The third kappa shape index (κ3) is 4.97. The summed E-state index contributed by atoms with van der Waals surface area (Å²) in [6.45, 7) is 1.54. The molecule has 166 valence electrons. The van der Waals surface area contributed by atoms with Crippen LogP contribution in [0.4, 0.5) is 5.69 Å². The number of nitrogens with zero attached hydrogens (tertiary/aromatic N) is 2. The molecule has 1 fully saturated rings. The van der Waals surface area contributed by atoms with Crippen molar-refractivity contribution in [3.8, 4) is 0 Å². The van der Waals surface area contributed by atoms with Crippen LogP contribution in [-0.4, -0.2) is 46.1 Å². The Morgan fingerprint density at radius 1 is 1.16 bits per heavy atom. The normalized spacial score (nSPS) is 16.3. The molecule has 1 aliphatic rings. The quantitative estimate of drug-likeness (QED) is 0.288. The first kappa shape index (κ1) is 22.6. The fourth-order valence-corrected chi connectivity index (χ4v) is 3.33. The third-order valence-electron chi connectivity index (χ3n) is 5.02. The number of ketones is 1. The summed E-state index contributed by atoms with van der Waals surface area (Å²) in [5, 5.41) is 12.0. The second kappa shape index (κ2) is 9.82. The van der Waals surface area contributed by atoms with Crippen LogP contribution < -0.4 is 5.43 Å². The number of esters is 1. The zero-order valence-electron chi connectivity index (χ0n) is 17.2. The Labute approximate surface area is 183 Å². The number of hydrogen-bond donors (Lipinski definition) is 1. The smallest absolute Gasteiger partial charge is 0.312 e. The van der Waals surface area contributed by atoms with Gasteiger partial charge in [0.15, 0.2) is 6.10 Å². The maximum Gasteiger partial charge on any atom is 0.312 e. The van der Waals surface area contributed by atoms with Gasteiger partial charge in [-0.15, -0.1) is 0 Å². The van der Waals surface area contributed by atoms with E-state index >= 15 is 0 Å². The Kier molecular flexibility index (Phi) is 6.93. The number of rotatable bonds is 8. The van der Waals surface area contributed by atoms with Crippen LogP contribution >= 0.6 is 0 Å². The van der Waals surface area contributed by atoms with Gasteiger partial charge >= 0.3 is 5.97 Å². The van der Waals surface area contributed by atoms with Crippen molar-refractivity contribution in [3.05, 3.63) is 75.8 Å². The van der Waals surface area contributed by atoms with Gasteiger partial charge < -0.3 is 4.74 Å². The Balaban J connectivity index is 1.63. The largest absolute Gasteiger partial charge is 0.454 e. The third-order valence-corrected chi connectivity index (χ3v) is 5.02. The average molecular weight is 439 g/mol. The van der Waals surface area contributed by atoms with Gasteiger partial charge in [0.1, 0.15) is 5.56 Å². The van der Waals surface area contributed by atoms with Gasteiger partial charge in [0.25, 0.3) is 11.6 Å². The summed E-state index contributed by atoms with van der Waals surface area (Å²) in [5.74, 6) is -3.33. The molecule has 0 radical (unpaired) electrons. The standard InChI is InChI=1S/C22H21N3O7/c1-2-18(20(27)14-8-4-3-5-9-14)32-22(29)15-12-19(26)24(13-15)23-21(28)16-10-6-7-11-17(16)25(30)31/h3-11,15,18H,2,12-13H2,1H3,(H,23,28)/t15-,18+/m1/s1. The van der Waals surface area contributed by atoms with E-state index in [4.69, 9.17) is 4.74 Å². The molecule has 10 heteroatoms. The van der Waals surface area contributed by atoms with Crippen LogP contribution in [0.1, 0.15) is 40.5 Å².